The topological polar surface area (TPSA) is 50.4 Å². The number of rotatable bonds is 7. The fraction of sp³-hybridized carbons (Fsp3) is 0.562. The van der Waals surface area contributed by atoms with Gasteiger partial charge in [0.05, 0.1) is 0 Å². The van der Waals surface area contributed by atoms with E-state index in [1.165, 1.54) is 11.1 Å². The summed E-state index contributed by atoms with van der Waals surface area (Å²) in [6.07, 6.45) is 3.16. The molecule has 0 fully saturated rings. The van der Waals surface area contributed by atoms with Gasteiger partial charge in [0.25, 0.3) is 5.91 Å². The van der Waals surface area contributed by atoms with Gasteiger partial charge in [-0.1, -0.05) is 19.9 Å². The van der Waals surface area contributed by atoms with Gasteiger partial charge in [-0.2, -0.15) is 0 Å². The number of carbonyl (C=O) groups excluding carboxylic acids is 1. The molecule has 0 saturated carbocycles. The molecule has 4 nitrogen and oxygen atoms in total. The van der Waals surface area contributed by atoms with Crippen LogP contribution < -0.4 is 15.4 Å². The van der Waals surface area contributed by atoms with E-state index in [0.717, 1.165) is 31.6 Å². The van der Waals surface area contributed by atoms with E-state index in [1.54, 1.807) is 0 Å². The van der Waals surface area contributed by atoms with Crippen molar-refractivity contribution in [3.05, 3.63) is 29.3 Å². The summed E-state index contributed by atoms with van der Waals surface area (Å²) in [6, 6.07) is 6.62. The average molecular weight is 276 g/mol. The Morgan fingerprint density at radius 1 is 1.40 bits per heavy atom. The van der Waals surface area contributed by atoms with E-state index < -0.39 is 0 Å². The Bertz CT molecular complexity index is 460. The quantitative estimate of drug-likeness (QED) is 0.802. The Kier molecular flexibility index (Phi) is 5.41. The van der Waals surface area contributed by atoms with Crippen molar-refractivity contribution >= 4 is 5.91 Å². The molecule has 4 heteroatoms. The lowest BCUT2D eigenvalue weighted by Gasteiger charge is -2.13. The molecule has 0 bridgehead atoms. The van der Waals surface area contributed by atoms with Crippen LogP contribution in [-0.2, 0) is 11.2 Å². The van der Waals surface area contributed by atoms with Gasteiger partial charge in [0.15, 0.2) is 6.61 Å². The van der Waals surface area contributed by atoms with Crippen molar-refractivity contribution in [2.75, 3.05) is 19.7 Å². The minimum absolute atomic E-state index is 0.0575. The maximum atomic E-state index is 11.5. The van der Waals surface area contributed by atoms with Crippen LogP contribution in [0.3, 0.4) is 0 Å². The largest absolute Gasteiger partial charge is 0.484 e. The average Bonchev–Trinajstić information content (AvgIpc) is 2.86. The lowest BCUT2D eigenvalue weighted by Crippen LogP contribution is -2.29. The first-order valence-corrected chi connectivity index (χ1v) is 7.50. The molecule has 2 rings (SSSR count). The lowest BCUT2D eigenvalue weighted by molar-refractivity contribution is -0.123. The normalized spacial score (nSPS) is 16.8. The number of carbonyl (C=O) groups is 1. The van der Waals surface area contributed by atoms with Crippen LogP contribution in [0.25, 0.3) is 0 Å². The highest BCUT2D eigenvalue weighted by atomic mass is 16.5. The molecule has 1 amide bonds. The Morgan fingerprint density at radius 2 is 2.25 bits per heavy atom. The Balaban J connectivity index is 1.90. The molecule has 1 unspecified atom stereocenters. The monoisotopic (exact) mass is 276 g/mol. The Hall–Kier alpha value is -1.55. The van der Waals surface area contributed by atoms with Gasteiger partial charge in [-0.15, -0.1) is 0 Å². The molecule has 0 aromatic heterocycles. The fourth-order valence-electron chi connectivity index (χ4n) is 2.61. The van der Waals surface area contributed by atoms with Gasteiger partial charge in [0.2, 0.25) is 0 Å². The second-order valence-corrected chi connectivity index (χ2v) is 5.15. The first-order valence-electron chi connectivity index (χ1n) is 7.50. The van der Waals surface area contributed by atoms with Crippen molar-refractivity contribution in [2.24, 2.45) is 0 Å². The van der Waals surface area contributed by atoms with Gasteiger partial charge in [0.1, 0.15) is 5.75 Å². The van der Waals surface area contributed by atoms with Crippen LogP contribution in [0, 0.1) is 0 Å². The van der Waals surface area contributed by atoms with Crippen LogP contribution >= 0.6 is 0 Å². The van der Waals surface area contributed by atoms with Gasteiger partial charge in [-0.05, 0) is 49.1 Å². The second-order valence-electron chi connectivity index (χ2n) is 5.15. The number of nitrogens with one attached hydrogen (secondary N) is 2. The number of benzene rings is 1. The first kappa shape index (κ1) is 14.9. The Labute approximate surface area is 120 Å². The zero-order valence-electron chi connectivity index (χ0n) is 12.4. The third-order valence-electron chi connectivity index (χ3n) is 3.58. The van der Waals surface area contributed by atoms with Gasteiger partial charge >= 0.3 is 0 Å². The first-order chi connectivity index (χ1) is 9.74. The molecule has 110 valence electrons. The minimum Gasteiger partial charge on any atom is -0.484 e. The Morgan fingerprint density at radius 3 is 3.00 bits per heavy atom. The summed E-state index contributed by atoms with van der Waals surface area (Å²) < 4.78 is 5.55. The zero-order valence-corrected chi connectivity index (χ0v) is 12.4. The SMILES string of the molecule is CCCNC(=O)COc1ccc2c(c1)CCC2NCC. The van der Waals surface area contributed by atoms with Gasteiger partial charge in [0, 0.05) is 12.6 Å². The van der Waals surface area contributed by atoms with Crippen molar-refractivity contribution < 1.29 is 9.53 Å². The summed E-state index contributed by atoms with van der Waals surface area (Å²) in [6.45, 7) is 5.94. The second kappa shape index (κ2) is 7.29. The molecule has 0 spiro atoms. The van der Waals surface area contributed by atoms with E-state index in [-0.39, 0.29) is 12.5 Å². The number of amides is 1. The van der Waals surface area contributed by atoms with Gasteiger partial charge < -0.3 is 15.4 Å². The van der Waals surface area contributed by atoms with Crippen LogP contribution in [0.4, 0.5) is 0 Å². The summed E-state index contributed by atoms with van der Waals surface area (Å²) in [5.41, 5.74) is 2.71. The van der Waals surface area contributed by atoms with Crippen LogP contribution in [0.15, 0.2) is 18.2 Å². The molecule has 2 N–H and O–H groups in total. The molecule has 1 aromatic rings. The summed E-state index contributed by atoms with van der Waals surface area (Å²) in [4.78, 5) is 11.5. The molecule has 0 saturated heterocycles. The minimum atomic E-state index is -0.0575. The molecule has 0 radical (unpaired) electrons. The smallest absolute Gasteiger partial charge is 0.257 e. The van der Waals surface area contributed by atoms with Crippen LogP contribution in [0.2, 0.25) is 0 Å². The van der Waals surface area contributed by atoms with Crippen molar-refractivity contribution in [1.82, 2.24) is 10.6 Å². The van der Waals surface area contributed by atoms with E-state index >= 15 is 0 Å². The number of ether oxygens (including phenoxy) is 1. The van der Waals surface area contributed by atoms with Crippen molar-refractivity contribution in [1.29, 1.82) is 0 Å². The molecular formula is C16H24N2O2. The van der Waals surface area contributed by atoms with Gasteiger partial charge in [-0.3, -0.25) is 4.79 Å². The van der Waals surface area contributed by atoms with E-state index in [9.17, 15) is 4.79 Å². The van der Waals surface area contributed by atoms with Crippen LogP contribution in [0.5, 0.6) is 5.75 Å². The van der Waals surface area contributed by atoms with E-state index in [2.05, 4.69) is 29.7 Å². The maximum Gasteiger partial charge on any atom is 0.257 e. The molecule has 1 atom stereocenters. The molecular weight excluding hydrogens is 252 g/mol. The van der Waals surface area contributed by atoms with E-state index in [4.69, 9.17) is 4.74 Å². The predicted molar refractivity (Wildman–Crippen MR) is 80.0 cm³/mol. The zero-order chi connectivity index (χ0) is 14.4. The maximum absolute atomic E-state index is 11.5. The molecule has 1 aliphatic carbocycles. The molecule has 1 aliphatic rings. The lowest BCUT2D eigenvalue weighted by atomic mass is 10.1. The van der Waals surface area contributed by atoms with Crippen molar-refractivity contribution in [2.45, 2.75) is 39.2 Å². The number of aryl methyl sites for hydroxylation is 1. The van der Waals surface area contributed by atoms with Crippen molar-refractivity contribution in [3.63, 3.8) is 0 Å². The highest BCUT2D eigenvalue weighted by Crippen LogP contribution is 2.33. The predicted octanol–water partition coefficient (Wildman–Crippen LogP) is 2.19. The van der Waals surface area contributed by atoms with Crippen LogP contribution in [-0.4, -0.2) is 25.6 Å². The summed E-state index contributed by atoms with van der Waals surface area (Å²) in [7, 11) is 0. The molecule has 1 aromatic carbocycles. The number of fused-ring (bicyclic) bond motifs is 1. The number of hydrogen-bond donors (Lipinski definition) is 2. The summed E-state index contributed by atoms with van der Waals surface area (Å²) in [5.74, 6) is 0.727. The molecule has 0 aliphatic heterocycles. The number of hydrogen-bond acceptors (Lipinski definition) is 3. The third-order valence-corrected chi connectivity index (χ3v) is 3.58. The van der Waals surface area contributed by atoms with Gasteiger partial charge in [-0.25, -0.2) is 0 Å². The van der Waals surface area contributed by atoms with Crippen LogP contribution in [0.1, 0.15) is 43.9 Å². The van der Waals surface area contributed by atoms with E-state index in [1.807, 2.05) is 13.0 Å². The summed E-state index contributed by atoms with van der Waals surface area (Å²) in [5, 5.41) is 6.29. The fourth-order valence-corrected chi connectivity index (χ4v) is 2.61. The molecule has 0 heterocycles. The van der Waals surface area contributed by atoms with E-state index in [0.29, 0.717) is 12.6 Å². The highest BCUT2D eigenvalue weighted by molar-refractivity contribution is 5.77. The molecule has 20 heavy (non-hydrogen) atoms. The standard InChI is InChI=1S/C16H24N2O2/c1-3-9-18-16(19)11-20-13-6-7-14-12(10-13)5-8-15(14)17-4-2/h6-7,10,15,17H,3-5,8-9,11H2,1-2H3,(H,18,19). The van der Waals surface area contributed by atoms with Crippen molar-refractivity contribution in [3.8, 4) is 5.75 Å². The summed E-state index contributed by atoms with van der Waals surface area (Å²) >= 11 is 0. The highest BCUT2D eigenvalue weighted by Gasteiger charge is 2.21. The third kappa shape index (κ3) is 3.73.